The summed E-state index contributed by atoms with van der Waals surface area (Å²) in [6.07, 6.45) is 3.66. The molecule has 0 atom stereocenters. The Balaban J connectivity index is 1.58. The summed E-state index contributed by atoms with van der Waals surface area (Å²) in [6.45, 7) is 4.48. The summed E-state index contributed by atoms with van der Waals surface area (Å²) < 4.78 is 10.9. The van der Waals surface area contributed by atoms with Crippen molar-refractivity contribution in [2.24, 2.45) is 0 Å². The monoisotopic (exact) mass is 328 g/mol. The van der Waals surface area contributed by atoms with Gasteiger partial charge < -0.3 is 19.7 Å². The molecule has 1 aromatic carbocycles. The summed E-state index contributed by atoms with van der Waals surface area (Å²) in [5.74, 6) is 2.46. The van der Waals surface area contributed by atoms with Crippen molar-refractivity contribution in [2.45, 2.75) is 25.8 Å². The smallest absolute Gasteiger partial charge is 0.218 e. The van der Waals surface area contributed by atoms with Gasteiger partial charge in [0, 0.05) is 25.2 Å². The average Bonchev–Trinajstić information content (AvgIpc) is 2.63. The molecule has 0 aliphatic carbocycles. The molecule has 0 radical (unpaired) electrons. The molecule has 1 N–H and O–H groups in total. The quantitative estimate of drug-likeness (QED) is 0.880. The van der Waals surface area contributed by atoms with E-state index in [0.717, 1.165) is 43.2 Å². The normalized spacial score (nSPS) is 15.2. The third kappa shape index (κ3) is 3.88. The molecule has 6 heteroatoms. The molecule has 1 saturated heterocycles. The number of anilines is 2. The van der Waals surface area contributed by atoms with Crippen LogP contribution < -0.4 is 19.7 Å². The average molecular weight is 328 g/mol. The molecule has 1 aliphatic heterocycles. The molecular formula is C18H24N4O2. The Hall–Kier alpha value is -2.50. The predicted molar refractivity (Wildman–Crippen MR) is 95.1 cm³/mol. The summed E-state index contributed by atoms with van der Waals surface area (Å²) >= 11 is 0. The van der Waals surface area contributed by atoms with Gasteiger partial charge in [-0.2, -0.15) is 0 Å². The number of benzene rings is 1. The number of nitrogens with zero attached hydrogens (tertiary/aromatic N) is 3. The maximum Gasteiger partial charge on any atom is 0.218 e. The zero-order valence-electron chi connectivity index (χ0n) is 14.2. The third-order valence-corrected chi connectivity index (χ3v) is 4.21. The number of methoxy groups -OCH3 is 1. The van der Waals surface area contributed by atoms with E-state index in [-0.39, 0.29) is 0 Å². The number of para-hydroxylation sites is 2. The number of hydrogen-bond acceptors (Lipinski definition) is 6. The van der Waals surface area contributed by atoms with Gasteiger partial charge in [-0.3, -0.25) is 0 Å². The van der Waals surface area contributed by atoms with Crippen LogP contribution in [0.2, 0.25) is 0 Å². The fraction of sp³-hybridized carbons (Fsp3) is 0.444. The number of ether oxygens (including phenoxy) is 2. The molecule has 128 valence electrons. The standard InChI is InChI=1S/C18H24N4O2/c1-3-24-18-12-17(19-13-20-18)22-10-8-14(9-11-22)21-15-6-4-5-7-16(15)23-2/h4-7,12-14,21H,3,8-11H2,1-2H3. The second-order valence-corrected chi connectivity index (χ2v) is 5.75. The minimum absolute atomic E-state index is 0.436. The van der Waals surface area contributed by atoms with Gasteiger partial charge >= 0.3 is 0 Å². The minimum atomic E-state index is 0.436. The van der Waals surface area contributed by atoms with Crippen molar-refractivity contribution < 1.29 is 9.47 Å². The summed E-state index contributed by atoms with van der Waals surface area (Å²) in [4.78, 5) is 10.8. The van der Waals surface area contributed by atoms with E-state index < -0.39 is 0 Å². The van der Waals surface area contributed by atoms with Gasteiger partial charge in [-0.1, -0.05) is 12.1 Å². The minimum Gasteiger partial charge on any atom is -0.495 e. The van der Waals surface area contributed by atoms with E-state index in [0.29, 0.717) is 18.5 Å². The molecular weight excluding hydrogens is 304 g/mol. The van der Waals surface area contributed by atoms with Crippen LogP contribution >= 0.6 is 0 Å². The molecule has 1 fully saturated rings. The zero-order valence-corrected chi connectivity index (χ0v) is 14.2. The molecule has 0 spiro atoms. The van der Waals surface area contributed by atoms with Crippen LogP contribution in [-0.2, 0) is 0 Å². The maximum absolute atomic E-state index is 5.46. The first-order valence-corrected chi connectivity index (χ1v) is 8.39. The van der Waals surface area contributed by atoms with Gasteiger partial charge in [0.2, 0.25) is 5.88 Å². The molecule has 6 nitrogen and oxygen atoms in total. The van der Waals surface area contributed by atoms with E-state index in [4.69, 9.17) is 9.47 Å². The van der Waals surface area contributed by atoms with E-state index in [2.05, 4.69) is 26.3 Å². The van der Waals surface area contributed by atoms with Crippen LogP contribution in [0.3, 0.4) is 0 Å². The lowest BCUT2D eigenvalue weighted by atomic mass is 10.0. The van der Waals surface area contributed by atoms with Gasteiger partial charge in [0.05, 0.1) is 19.4 Å². The molecule has 1 aliphatic rings. The van der Waals surface area contributed by atoms with E-state index in [1.165, 1.54) is 0 Å². The molecule has 1 aromatic heterocycles. The predicted octanol–water partition coefficient (Wildman–Crippen LogP) is 2.96. The van der Waals surface area contributed by atoms with Gasteiger partial charge in [0.15, 0.2) is 0 Å². The number of piperidine rings is 1. The Bertz CT molecular complexity index is 657. The highest BCUT2D eigenvalue weighted by Gasteiger charge is 2.21. The van der Waals surface area contributed by atoms with Crippen molar-refractivity contribution in [3.63, 3.8) is 0 Å². The molecule has 24 heavy (non-hydrogen) atoms. The van der Waals surface area contributed by atoms with Gasteiger partial charge in [-0.25, -0.2) is 9.97 Å². The van der Waals surface area contributed by atoms with E-state index in [1.54, 1.807) is 13.4 Å². The van der Waals surface area contributed by atoms with Crippen molar-refractivity contribution in [1.82, 2.24) is 9.97 Å². The lowest BCUT2D eigenvalue weighted by molar-refractivity contribution is 0.326. The Labute approximate surface area is 142 Å². The van der Waals surface area contributed by atoms with Crippen molar-refractivity contribution in [1.29, 1.82) is 0 Å². The van der Waals surface area contributed by atoms with Gasteiger partial charge in [-0.15, -0.1) is 0 Å². The van der Waals surface area contributed by atoms with Crippen LogP contribution in [0, 0.1) is 0 Å². The van der Waals surface area contributed by atoms with Crippen molar-refractivity contribution in [2.75, 3.05) is 37.0 Å². The Kier molecular flexibility index (Phi) is 5.36. The second kappa shape index (κ2) is 7.86. The highest BCUT2D eigenvalue weighted by atomic mass is 16.5. The number of aromatic nitrogens is 2. The highest BCUT2D eigenvalue weighted by molar-refractivity contribution is 5.57. The number of rotatable bonds is 6. The zero-order chi connectivity index (χ0) is 16.8. The van der Waals surface area contributed by atoms with E-state index in [9.17, 15) is 0 Å². The summed E-state index contributed by atoms with van der Waals surface area (Å²) in [5.41, 5.74) is 1.05. The molecule has 0 bridgehead atoms. The molecule has 0 unspecified atom stereocenters. The van der Waals surface area contributed by atoms with Crippen LogP contribution in [0.15, 0.2) is 36.7 Å². The van der Waals surface area contributed by atoms with Gasteiger partial charge in [-0.05, 0) is 31.9 Å². The molecule has 3 rings (SSSR count). The summed E-state index contributed by atoms with van der Waals surface area (Å²) in [6, 6.07) is 10.4. The van der Waals surface area contributed by atoms with Crippen LogP contribution in [-0.4, -0.2) is 42.8 Å². The van der Waals surface area contributed by atoms with Gasteiger partial charge in [0.25, 0.3) is 0 Å². The largest absolute Gasteiger partial charge is 0.495 e. The van der Waals surface area contributed by atoms with Crippen LogP contribution in [0.1, 0.15) is 19.8 Å². The lowest BCUT2D eigenvalue weighted by Crippen LogP contribution is -2.39. The van der Waals surface area contributed by atoms with Crippen molar-refractivity contribution in [3.05, 3.63) is 36.7 Å². The molecule has 0 amide bonds. The Morgan fingerprint density at radius 2 is 2.00 bits per heavy atom. The van der Waals surface area contributed by atoms with Crippen LogP contribution in [0.4, 0.5) is 11.5 Å². The second-order valence-electron chi connectivity index (χ2n) is 5.75. The van der Waals surface area contributed by atoms with Crippen LogP contribution in [0.5, 0.6) is 11.6 Å². The summed E-state index contributed by atoms with van der Waals surface area (Å²) in [7, 11) is 1.70. The first-order valence-electron chi connectivity index (χ1n) is 8.39. The maximum atomic E-state index is 5.46. The number of hydrogen-bond donors (Lipinski definition) is 1. The SMILES string of the molecule is CCOc1cc(N2CCC(Nc3ccccc3OC)CC2)ncn1. The molecule has 0 saturated carbocycles. The first-order chi connectivity index (χ1) is 11.8. The van der Waals surface area contributed by atoms with Gasteiger partial charge in [0.1, 0.15) is 17.9 Å². The summed E-state index contributed by atoms with van der Waals surface area (Å²) in [5, 5.41) is 3.59. The third-order valence-electron chi connectivity index (χ3n) is 4.21. The molecule has 2 heterocycles. The lowest BCUT2D eigenvalue weighted by Gasteiger charge is -2.33. The Morgan fingerprint density at radius 1 is 1.21 bits per heavy atom. The van der Waals surface area contributed by atoms with E-state index in [1.807, 2.05) is 31.2 Å². The van der Waals surface area contributed by atoms with E-state index >= 15 is 0 Å². The van der Waals surface area contributed by atoms with Crippen molar-refractivity contribution >= 4 is 11.5 Å². The Morgan fingerprint density at radius 3 is 2.75 bits per heavy atom. The fourth-order valence-electron chi connectivity index (χ4n) is 2.97. The first kappa shape index (κ1) is 16.4. The fourth-order valence-corrected chi connectivity index (χ4v) is 2.97. The molecule has 2 aromatic rings. The topological polar surface area (TPSA) is 59.5 Å². The van der Waals surface area contributed by atoms with Crippen LogP contribution in [0.25, 0.3) is 0 Å². The number of nitrogens with one attached hydrogen (secondary N) is 1. The van der Waals surface area contributed by atoms with Crippen molar-refractivity contribution in [3.8, 4) is 11.6 Å². The highest BCUT2D eigenvalue weighted by Crippen LogP contribution is 2.27.